The smallest absolute Gasteiger partial charge is 0.306 e. The maximum atomic E-state index is 12.7. The standard InChI is InChI=1S/C54H92NO7P/c1-6-8-10-12-14-16-18-20-22-24-25-26-27-28-29-30-32-34-36-38-40-42-44-46-49-59-51-53(52-61-63(57,58)60-50-48-55(3,4)5)62-54(56)47-45-43-41-39-37-35-33-31-23-21-19-17-15-13-11-9-7-2/h8,10,14-17,20-23,25-26,28-29,32,34,38,40,53H,6-7,9,11-13,18-19,24,27,30-31,33,35-37,39,41-52H2,1-5H3/b10-8-,16-14-,17-15-,22-20-,23-21-,26-25-,29-28-,34-32-,40-38-. The molecule has 0 aliphatic carbocycles. The van der Waals surface area contributed by atoms with Crippen molar-refractivity contribution in [3.8, 4) is 0 Å². The second-order valence-electron chi connectivity index (χ2n) is 17.1. The third-order valence-corrected chi connectivity index (χ3v) is 10.8. The molecule has 0 aromatic heterocycles. The van der Waals surface area contributed by atoms with Gasteiger partial charge in [-0.05, 0) is 103 Å². The number of allylic oxidation sites excluding steroid dienone is 18. The van der Waals surface area contributed by atoms with Crippen LogP contribution in [0.3, 0.4) is 0 Å². The number of carbonyl (C=O) groups excluding carboxylic acids is 1. The number of phosphoric acid groups is 1. The van der Waals surface area contributed by atoms with Crippen LogP contribution in [0, 0.1) is 0 Å². The maximum Gasteiger partial charge on any atom is 0.306 e. The van der Waals surface area contributed by atoms with Crippen LogP contribution in [-0.2, 0) is 27.9 Å². The van der Waals surface area contributed by atoms with Crippen molar-refractivity contribution in [1.29, 1.82) is 0 Å². The fourth-order valence-corrected chi connectivity index (χ4v) is 6.75. The molecule has 0 bridgehead atoms. The number of carbonyl (C=O) groups is 1. The molecular formula is C54H92NO7P. The van der Waals surface area contributed by atoms with Crippen LogP contribution in [0.15, 0.2) is 109 Å². The van der Waals surface area contributed by atoms with Crippen molar-refractivity contribution < 1.29 is 37.3 Å². The Kier molecular flexibility index (Phi) is 43.7. The van der Waals surface area contributed by atoms with Crippen LogP contribution in [0.25, 0.3) is 0 Å². The number of phosphoric ester groups is 1. The first-order valence-electron chi connectivity index (χ1n) is 24.6. The SMILES string of the molecule is CC/C=C\C/C=C\C/C=C\C/C=C\C/C=C\C/C=C\C/C=C\CCCCOCC(COP(=O)([O-])OCC[N+](C)(C)C)OC(=O)CCCCCCCCC/C=C\C/C=C\CCCCC. The third kappa shape index (κ3) is 50.0. The lowest BCUT2D eigenvalue weighted by molar-refractivity contribution is -0.870. The lowest BCUT2D eigenvalue weighted by Gasteiger charge is -2.28. The van der Waals surface area contributed by atoms with Gasteiger partial charge in [-0.1, -0.05) is 168 Å². The Labute approximate surface area is 387 Å². The van der Waals surface area contributed by atoms with Gasteiger partial charge in [-0.2, -0.15) is 0 Å². The molecule has 2 atom stereocenters. The summed E-state index contributed by atoms with van der Waals surface area (Å²) < 4.78 is 34.6. The van der Waals surface area contributed by atoms with E-state index in [2.05, 4.69) is 123 Å². The summed E-state index contributed by atoms with van der Waals surface area (Å²) in [5.41, 5.74) is 0. The highest BCUT2D eigenvalue weighted by Gasteiger charge is 2.20. The van der Waals surface area contributed by atoms with Crippen molar-refractivity contribution in [2.24, 2.45) is 0 Å². The number of likely N-dealkylation sites (N-methyl/N-ethyl adjacent to an activating group) is 1. The van der Waals surface area contributed by atoms with Gasteiger partial charge in [0.2, 0.25) is 0 Å². The van der Waals surface area contributed by atoms with Crippen molar-refractivity contribution >= 4 is 13.8 Å². The lowest BCUT2D eigenvalue weighted by Crippen LogP contribution is -2.37. The predicted molar refractivity (Wildman–Crippen MR) is 268 cm³/mol. The molecule has 2 unspecified atom stereocenters. The molecule has 9 heteroatoms. The normalized spacial score (nSPS) is 14.6. The van der Waals surface area contributed by atoms with E-state index in [0.29, 0.717) is 17.6 Å². The van der Waals surface area contributed by atoms with Gasteiger partial charge in [-0.15, -0.1) is 0 Å². The minimum Gasteiger partial charge on any atom is -0.756 e. The van der Waals surface area contributed by atoms with E-state index in [1.165, 1.54) is 44.9 Å². The monoisotopic (exact) mass is 898 g/mol. The van der Waals surface area contributed by atoms with Crippen LogP contribution in [0.2, 0.25) is 0 Å². The molecule has 0 fully saturated rings. The highest BCUT2D eigenvalue weighted by Crippen LogP contribution is 2.38. The van der Waals surface area contributed by atoms with Gasteiger partial charge in [0.1, 0.15) is 19.3 Å². The van der Waals surface area contributed by atoms with E-state index >= 15 is 0 Å². The van der Waals surface area contributed by atoms with Gasteiger partial charge in [-0.25, -0.2) is 0 Å². The van der Waals surface area contributed by atoms with Crippen molar-refractivity contribution in [2.45, 2.75) is 174 Å². The molecule has 0 saturated heterocycles. The first kappa shape index (κ1) is 60.2. The lowest BCUT2D eigenvalue weighted by atomic mass is 10.1. The number of quaternary nitrogens is 1. The summed E-state index contributed by atoms with van der Waals surface area (Å²) in [6, 6.07) is 0. The Morgan fingerprint density at radius 3 is 1.38 bits per heavy atom. The van der Waals surface area contributed by atoms with E-state index in [4.69, 9.17) is 18.5 Å². The zero-order valence-electron chi connectivity index (χ0n) is 40.7. The minimum absolute atomic E-state index is 0.00917. The summed E-state index contributed by atoms with van der Waals surface area (Å²) in [5, 5.41) is 0. The highest BCUT2D eigenvalue weighted by molar-refractivity contribution is 7.45. The second kappa shape index (κ2) is 45.7. The largest absolute Gasteiger partial charge is 0.756 e. The molecule has 0 saturated carbocycles. The predicted octanol–water partition coefficient (Wildman–Crippen LogP) is 14.5. The Balaban J connectivity index is 4.31. The quantitative estimate of drug-likeness (QED) is 0.0198. The van der Waals surface area contributed by atoms with Gasteiger partial charge in [0, 0.05) is 13.0 Å². The van der Waals surface area contributed by atoms with E-state index in [0.717, 1.165) is 103 Å². The first-order chi connectivity index (χ1) is 30.6. The van der Waals surface area contributed by atoms with Crippen LogP contribution in [0.5, 0.6) is 0 Å². The number of esters is 1. The molecule has 0 N–H and O–H groups in total. The summed E-state index contributed by atoms with van der Waals surface area (Å²) in [6.07, 6.45) is 64.0. The van der Waals surface area contributed by atoms with E-state index in [1.807, 2.05) is 21.1 Å². The Morgan fingerprint density at radius 1 is 0.508 bits per heavy atom. The van der Waals surface area contributed by atoms with Crippen molar-refractivity contribution in [2.75, 3.05) is 54.1 Å². The Hall–Kier alpha value is -2.84. The van der Waals surface area contributed by atoms with E-state index in [1.54, 1.807) is 0 Å². The van der Waals surface area contributed by atoms with Gasteiger partial charge in [0.25, 0.3) is 7.82 Å². The average Bonchev–Trinajstić information content (AvgIpc) is 3.24. The van der Waals surface area contributed by atoms with Gasteiger partial charge >= 0.3 is 5.97 Å². The number of unbranched alkanes of at least 4 members (excludes halogenated alkanes) is 12. The average molecular weight is 898 g/mol. The highest BCUT2D eigenvalue weighted by atomic mass is 31.2. The molecule has 0 heterocycles. The molecule has 360 valence electrons. The fourth-order valence-electron chi connectivity index (χ4n) is 6.03. The molecule has 0 rings (SSSR count). The van der Waals surface area contributed by atoms with Crippen molar-refractivity contribution in [1.82, 2.24) is 0 Å². The zero-order valence-corrected chi connectivity index (χ0v) is 41.6. The molecule has 0 spiro atoms. The number of ether oxygens (including phenoxy) is 2. The van der Waals surface area contributed by atoms with Crippen LogP contribution in [0.4, 0.5) is 0 Å². The summed E-state index contributed by atoms with van der Waals surface area (Å²) in [6.45, 7) is 5.12. The van der Waals surface area contributed by atoms with Gasteiger partial charge in [0.15, 0.2) is 0 Å². The first-order valence-corrected chi connectivity index (χ1v) is 26.1. The molecule has 0 aliphatic heterocycles. The van der Waals surface area contributed by atoms with Crippen molar-refractivity contribution in [3.05, 3.63) is 109 Å². The number of hydrogen-bond acceptors (Lipinski definition) is 7. The number of hydrogen-bond donors (Lipinski definition) is 0. The fraction of sp³-hybridized carbons (Fsp3) is 0.648. The van der Waals surface area contributed by atoms with Crippen LogP contribution < -0.4 is 4.89 Å². The molecule has 0 amide bonds. The van der Waals surface area contributed by atoms with Gasteiger partial charge < -0.3 is 27.9 Å². The Morgan fingerprint density at radius 2 is 0.921 bits per heavy atom. The molecular weight excluding hydrogens is 806 g/mol. The molecule has 0 radical (unpaired) electrons. The van der Waals surface area contributed by atoms with Crippen LogP contribution in [0.1, 0.15) is 168 Å². The topological polar surface area (TPSA) is 94.1 Å². The van der Waals surface area contributed by atoms with Crippen LogP contribution in [-0.4, -0.2) is 70.7 Å². The summed E-state index contributed by atoms with van der Waals surface area (Å²) in [4.78, 5) is 25.1. The molecule has 0 aromatic rings. The molecule has 8 nitrogen and oxygen atoms in total. The van der Waals surface area contributed by atoms with Gasteiger partial charge in [-0.3, -0.25) is 9.36 Å². The van der Waals surface area contributed by atoms with Crippen molar-refractivity contribution in [3.63, 3.8) is 0 Å². The Bertz CT molecular complexity index is 1370. The second-order valence-corrected chi connectivity index (χ2v) is 18.5. The summed E-state index contributed by atoms with van der Waals surface area (Å²) >= 11 is 0. The molecule has 0 aliphatic rings. The minimum atomic E-state index is -4.55. The zero-order chi connectivity index (χ0) is 46.2. The van der Waals surface area contributed by atoms with E-state index < -0.39 is 13.9 Å². The summed E-state index contributed by atoms with van der Waals surface area (Å²) in [5.74, 6) is -0.362. The number of rotatable bonds is 44. The number of nitrogens with zero attached hydrogens (tertiary/aromatic N) is 1. The van der Waals surface area contributed by atoms with E-state index in [-0.39, 0.29) is 32.2 Å². The molecule has 0 aromatic carbocycles. The van der Waals surface area contributed by atoms with Gasteiger partial charge in [0.05, 0.1) is 34.4 Å². The third-order valence-electron chi connectivity index (χ3n) is 9.81. The summed E-state index contributed by atoms with van der Waals surface area (Å²) in [7, 11) is 1.30. The molecule has 63 heavy (non-hydrogen) atoms. The van der Waals surface area contributed by atoms with Crippen LogP contribution >= 0.6 is 7.82 Å². The van der Waals surface area contributed by atoms with E-state index in [9.17, 15) is 14.3 Å². The maximum absolute atomic E-state index is 12.7.